The molecule has 1 aliphatic rings. The lowest BCUT2D eigenvalue weighted by molar-refractivity contribution is -0.113. The minimum absolute atomic E-state index is 0.0360. The highest BCUT2D eigenvalue weighted by atomic mass is 32.2. The zero-order valence-corrected chi connectivity index (χ0v) is 20.6. The molecular weight excluding hydrogens is 432 g/mol. The summed E-state index contributed by atoms with van der Waals surface area (Å²) < 4.78 is 7.88. The van der Waals surface area contributed by atoms with Crippen LogP contribution in [0.3, 0.4) is 0 Å². The monoisotopic (exact) mass is 464 g/mol. The van der Waals surface area contributed by atoms with E-state index < -0.39 is 0 Å². The molecule has 2 unspecified atom stereocenters. The number of hydrogen-bond donors (Lipinski definition) is 1. The van der Waals surface area contributed by atoms with Crippen LogP contribution in [0.2, 0.25) is 0 Å². The highest BCUT2D eigenvalue weighted by Crippen LogP contribution is 2.24. The zero-order chi connectivity index (χ0) is 23.4. The number of para-hydroxylation sites is 1. The van der Waals surface area contributed by atoms with Gasteiger partial charge in [0.25, 0.3) is 0 Å². The van der Waals surface area contributed by atoms with Crippen LogP contribution in [0.25, 0.3) is 5.69 Å². The summed E-state index contributed by atoms with van der Waals surface area (Å²) in [6.45, 7) is 11.0. The number of aryl methyl sites for hydroxylation is 2. The Hall–Kier alpha value is -2.61. The number of thioether (sulfide) groups is 1. The molecule has 1 aromatic heterocycles. The summed E-state index contributed by atoms with van der Waals surface area (Å²) in [6, 6.07) is 14.4. The van der Waals surface area contributed by atoms with E-state index in [1.165, 1.54) is 22.9 Å². The van der Waals surface area contributed by atoms with Crippen LogP contribution in [0.4, 0.5) is 5.69 Å². The van der Waals surface area contributed by atoms with Crippen molar-refractivity contribution in [2.24, 2.45) is 0 Å². The highest BCUT2D eigenvalue weighted by Gasteiger charge is 2.23. The zero-order valence-electron chi connectivity index (χ0n) is 19.7. The first-order valence-electron chi connectivity index (χ1n) is 11.4. The van der Waals surface area contributed by atoms with Gasteiger partial charge >= 0.3 is 0 Å². The Morgan fingerprint density at radius 2 is 1.82 bits per heavy atom. The number of imidazole rings is 1. The molecule has 2 aromatic carbocycles. The van der Waals surface area contributed by atoms with Crippen LogP contribution in [-0.2, 0) is 16.1 Å². The summed E-state index contributed by atoms with van der Waals surface area (Å²) in [6.07, 6.45) is 4.15. The molecule has 1 fully saturated rings. The molecule has 0 spiro atoms. The highest BCUT2D eigenvalue weighted by molar-refractivity contribution is 7.99. The smallest absolute Gasteiger partial charge is 0.234 e. The van der Waals surface area contributed by atoms with E-state index in [-0.39, 0.29) is 18.1 Å². The van der Waals surface area contributed by atoms with Crippen LogP contribution in [0, 0.1) is 13.8 Å². The second-order valence-corrected chi connectivity index (χ2v) is 9.81. The van der Waals surface area contributed by atoms with Crippen LogP contribution in [0.15, 0.2) is 60.0 Å². The normalized spacial score (nSPS) is 18.9. The van der Waals surface area contributed by atoms with E-state index in [9.17, 15) is 4.79 Å². The molecule has 2 atom stereocenters. The lowest BCUT2D eigenvalue weighted by Gasteiger charge is -2.35. The number of benzene rings is 2. The molecule has 0 bridgehead atoms. The third kappa shape index (κ3) is 6.25. The molecule has 0 radical (unpaired) electrons. The minimum atomic E-state index is -0.0360. The van der Waals surface area contributed by atoms with E-state index in [0.717, 1.165) is 41.7 Å². The number of hydrogen-bond acceptors (Lipinski definition) is 5. The molecule has 4 rings (SSSR count). The molecule has 1 aliphatic heterocycles. The Bertz CT molecular complexity index is 1080. The van der Waals surface area contributed by atoms with Gasteiger partial charge in [-0.15, -0.1) is 0 Å². The number of aromatic nitrogens is 2. The van der Waals surface area contributed by atoms with Crippen LogP contribution < -0.4 is 5.32 Å². The van der Waals surface area contributed by atoms with Gasteiger partial charge < -0.3 is 10.1 Å². The largest absolute Gasteiger partial charge is 0.373 e. The summed E-state index contributed by atoms with van der Waals surface area (Å²) in [4.78, 5) is 19.7. The fourth-order valence-electron chi connectivity index (χ4n) is 4.43. The number of morpholine rings is 1. The first-order valence-corrected chi connectivity index (χ1v) is 12.4. The molecule has 3 aromatic rings. The number of rotatable bonds is 7. The second-order valence-electron chi connectivity index (χ2n) is 8.87. The van der Waals surface area contributed by atoms with Crippen molar-refractivity contribution in [3.8, 4) is 5.69 Å². The third-order valence-electron chi connectivity index (χ3n) is 5.60. The maximum Gasteiger partial charge on any atom is 0.234 e. The van der Waals surface area contributed by atoms with Gasteiger partial charge in [0.05, 0.1) is 18.0 Å². The number of carbonyl (C=O) groups is 1. The lowest BCUT2D eigenvalue weighted by atomic mass is 10.1. The molecule has 1 N–H and O–H groups in total. The third-order valence-corrected chi connectivity index (χ3v) is 6.57. The Labute approximate surface area is 200 Å². The number of anilines is 1. The fraction of sp³-hybridized carbons (Fsp3) is 0.385. The van der Waals surface area contributed by atoms with Crippen molar-refractivity contribution >= 4 is 23.4 Å². The van der Waals surface area contributed by atoms with Crippen molar-refractivity contribution in [2.75, 3.05) is 24.2 Å². The van der Waals surface area contributed by atoms with Crippen molar-refractivity contribution in [3.63, 3.8) is 0 Å². The van der Waals surface area contributed by atoms with Crippen molar-refractivity contribution in [2.45, 2.75) is 51.6 Å². The predicted octanol–water partition coefficient (Wildman–Crippen LogP) is 4.83. The van der Waals surface area contributed by atoms with Crippen LogP contribution in [-0.4, -0.2) is 51.4 Å². The quantitative estimate of drug-likeness (QED) is 0.508. The van der Waals surface area contributed by atoms with Gasteiger partial charge in [0, 0.05) is 43.4 Å². The lowest BCUT2D eigenvalue weighted by Crippen LogP contribution is -2.44. The van der Waals surface area contributed by atoms with E-state index in [0.29, 0.717) is 5.75 Å². The van der Waals surface area contributed by atoms with Gasteiger partial charge in [0.1, 0.15) is 0 Å². The Morgan fingerprint density at radius 1 is 1.12 bits per heavy atom. The number of nitrogens with zero attached hydrogens (tertiary/aromatic N) is 3. The van der Waals surface area contributed by atoms with Crippen molar-refractivity contribution in [3.05, 3.63) is 71.5 Å². The average Bonchev–Trinajstić information content (AvgIpc) is 3.21. The topological polar surface area (TPSA) is 59.4 Å². The van der Waals surface area contributed by atoms with Crippen molar-refractivity contribution in [1.29, 1.82) is 0 Å². The van der Waals surface area contributed by atoms with E-state index in [1.807, 2.05) is 29.0 Å². The number of amides is 1. The Kier molecular flexibility index (Phi) is 7.53. The summed E-state index contributed by atoms with van der Waals surface area (Å²) in [5.74, 6) is 0.257. The maximum absolute atomic E-state index is 12.8. The summed E-state index contributed by atoms with van der Waals surface area (Å²) in [5.41, 5.74) is 5.45. The summed E-state index contributed by atoms with van der Waals surface area (Å²) in [5, 5.41) is 3.91. The van der Waals surface area contributed by atoms with Crippen molar-refractivity contribution < 1.29 is 9.53 Å². The van der Waals surface area contributed by atoms with Gasteiger partial charge in [0.15, 0.2) is 5.16 Å². The van der Waals surface area contributed by atoms with Gasteiger partial charge in [-0.05, 0) is 62.6 Å². The molecule has 0 saturated carbocycles. The minimum Gasteiger partial charge on any atom is -0.373 e. The molecular formula is C26H32N4O2S. The van der Waals surface area contributed by atoms with E-state index in [2.05, 4.69) is 67.2 Å². The van der Waals surface area contributed by atoms with Gasteiger partial charge in [0.2, 0.25) is 5.91 Å². The van der Waals surface area contributed by atoms with Crippen LogP contribution in [0.5, 0.6) is 0 Å². The van der Waals surface area contributed by atoms with E-state index >= 15 is 0 Å². The average molecular weight is 465 g/mol. The number of carbonyl (C=O) groups excluding carboxylic acids is 1. The Balaban J connectivity index is 1.39. The van der Waals surface area contributed by atoms with Gasteiger partial charge in [-0.3, -0.25) is 14.3 Å². The molecule has 2 heterocycles. The maximum atomic E-state index is 12.8. The molecule has 1 amide bonds. The van der Waals surface area contributed by atoms with Crippen molar-refractivity contribution in [1.82, 2.24) is 14.5 Å². The van der Waals surface area contributed by atoms with Gasteiger partial charge in [-0.1, -0.05) is 36.0 Å². The molecule has 174 valence electrons. The van der Waals surface area contributed by atoms with E-state index in [4.69, 9.17) is 4.74 Å². The molecule has 7 heteroatoms. The predicted molar refractivity (Wildman–Crippen MR) is 134 cm³/mol. The van der Waals surface area contributed by atoms with Crippen LogP contribution in [0.1, 0.15) is 30.5 Å². The van der Waals surface area contributed by atoms with Crippen LogP contribution >= 0.6 is 11.8 Å². The molecule has 1 saturated heterocycles. The summed E-state index contributed by atoms with van der Waals surface area (Å²) in [7, 11) is 0. The molecule has 6 nitrogen and oxygen atoms in total. The van der Waals surface area contributed by atoms with Gasteiger partial charge in [-0.2, -0.15) is 0 Å². The second kappa shape index (κ2) is 10.5. The van der Waals surface area contributed by atoms with Gasteiger partial charge in [-0.25, -0.2) is 4.98 Å². The number of nitrogens with one attached hydrogen (secondary N) is 1. The summed E-state index contributed by atoms with van der Waals surface area (Å²) >= 11 is 1.44. The first-order chi connectivity index (χ1) is 15.9. The number of ether oxygens (including phenoxy) is 1. The molecule has 33 heavy (non-hydrogen) atoms. The SMILES string of the molecule is Cc1cc(C)cc(-n2ccnc2SCC(=O)Nc2ccccc2CN2CC(C)OC(C)C2)c1. The standard InChI is InChI=1S/C26H32N4O2S/c1-18-11-19(2)13-23(12-18)30-10-9-27-26(30)33-17-25(31)28-24-8-6-5-7-22(24)16-29-14-20(3)32-21(4)15-29/h5-13,20-21H,14-17H2,1-4H3,(H,28,31). The Morgan fingerprint density at radius 3 is 2.55 bits per heavy atom. The molecule has 0 aliphatic carbocycles. The fourth-order valence-corrected chi connectivity index (χ4v) is 5.21. The first kappa shape index (κ1) is 23.5. The van der Waals surface area contributed by atoms with E-state index in [1.54, 1.807) is 6.20 Å².